The smallest absolute Gasteiger partial charge is 0.273 e. The van der Waals surface area contributed by atoms with Gasteiger partial charge in [0, 0.05) is 17.7 Å². The fourth-order valence-electron chi connectivity index (χ4n) is 4.99. The summed E-state index contributed by atoms with van der Waals surface area (Å²) in [6.45, 7) is 11.6. The number of aryl methyl sites for hydroxylation is 2. The van der Waals surface area contributed by atoms with E-state index in [0.717, 1.165) is 41.5 Å². The zero-order valence-corrected chi connectivity index (χ0v) is 21.3. The Bertz CT molecular complexity index is 1190. The maximum absolute atomic E-state index is 13.6. The lowest BCUT2D eigenvalue weighted by molar-refractivity contribution is 0.0740. The molecule has 1 aromatic heterocycles. The van der Waals surface area contributed by atoms with Gasteiger partial charge in [-0.1, -0.05) is 31.9 Å². The molecule has 1 unspecified atom stereocenters. The number of H-pyrrole nitrogens is 1. The predicted octanol–water partition coefficient (Wildman–Crippen LogP) is 5.93. The molecule has 7 nitrogen and oxygen atoms in total. The largest absolute Gasteiger partial charge is 0.507 e. The summed E-state index contributed by atoms with van der Waals surface area (Å²) < 4.78 is 11.7. The fourth-order valence-corrected chi connectivity index (χ4v) is 4.99. The summed E-state index contributed by atoms with van der Waals surface area (Å²) in [5.41, 5.74) is 5.34. The summed E-state index contributed by atoms with van der Waals surface area (Å²) in [6.07, 6.45) is 3.02. The summed E-state index contributed by atoms with van der Waals surface area (Å²) in [4.78, 5) is 15.5. The van der Waals surface area contributed by atoms with Crippen molar-refractivity contribution in [2.45, 2.75) is 59.9 Å². The summed E-state index contributed by atoms with van der Waals surface area (Å²) >= 11 is 0. The number of aromatic amines is 1. The number of unbranched alkanes of at least 4 members (excludes halogenated alkanes) is 2. The second-order valence-electron chi connectivity index (χ2n) is 9.02. The van der Waals surface area contributed by atoms with E-state index in [-0.39, 0.29) is 17.7 Å². The van der Waals surface area contributed by atoms with Gasteiger partial charge in [0.25, 0.3) is 5.91 Å². The van der Waals surface area contributed by atoms with E-state index in [1.807, 2.05) is 56.9 Å². The van der Waals surface area contributed by atoms with Crippen LogP contribution in [0.2, 0.25) is 0 Å². The Kier molecular flexibility index (Phi) is 7.34. The van der Waals surface area contributed by atoms with Gasteiger partial charge in [-0.3, -0.25) is 9.89 Å². The standard InChI is InChI=1S/C28H35N3O4/c1-6-9-10-13-31-27(19-11-12-21(34-7-2)22(16-19)35-8-3)24-25(29-30-26(24)28(31)33)23-18(5)14-17(4)15-20(23)32/h11-12,14-16,27,32H,6-10,13H2,1-5H3,(H,29,30). The number of carbonyl (C=O) groups is 1. The number of ether oxygens (including phenoxy) is 2. The quantitative estimate of drug-likeness (QED) is 0.353. The third-order valence-corrected chi connectivity index (χ3v) is 6.45. The van der Waals surface area contributed by atoms with Crippen molar-refractivity contribution in [3.05, 3.63) is 58.3 Å². The van der Waals surface area contributed by atoms with Crippen molar-refractivity contribution in [1.29, 1.82) is 0 Å². The number of fused-ring (bicyclic) bond motifs is 1. The molecule has 2 N–H and O–H groups in total. The van der Waals surface area contributed by atoms with E-state index in [1.165, 1.54) is 0 Å². The third-order valence-electron chi connectivity index (χ3n) is 6.45. The average Bonchev–Trinajstić information content (AvgIpc) is 3.34. The number of benzene rings is 2. The lowest BCUT2D eigenvalue weighted by atomic mass is 9.93. The number of nitrogens with zero attached hydrogens (tertiary/aromatic N) is 2. The monoisotopic (exact) mass is 477 g/mol. The average molecular weight is 478 g/mol. The number of amides is 1. The number of hydrogen-bond acceptors (Lipinski definition) is 5. The predicted molar refractivity (Wildman–Crippen MR) is 136 cm³/mol. The van der Waals surface area contributed by atoms with E-state index in [1.54, 1.807) is 6.07 Å². The highest BCUT2D eigenvalue weighted by Crippen LogP contribution is 2.47. The van der Waals surface area contributed by atoms with Gasteiger partial charge in [0.15, 0.2) is 11.5 Å². The molecule has 7 heteroatoms. The first-order valence-electron chi connectivity index (χ1n) is 12.5. The van der Waals surface area contributed by atoms with E-state index in [2.05, 4.69) is 17.1 Å². The molecule has 0 radical (unpaired) electrons. The highest BCUT2D eigenvalue weighted by atomic mass is 16.5. The minimum atomic E-state index is -0.349. The zero-order valence-electron chi connectivity index (χ0n) is 21.3. The fraction of sp³-hybridized carbons (Fsp3) is 0.429. The maximum atomic E-state index is 13.6. The minimum Gasteiger partial charge on any atom is -0.507 e. The van der Waals surface area contributed by atoms with Gasteiger partial charge in [-0.15, -0.1) is 0 Å². The van der Waals surface area contributed by atoms with Gasteiger partial charge in [0.1, 0.15) is 17.1 Å². The van der Waals surface area contributed by atoms with Crippen molar-refractivity contribution >= 4 is 5.91 Å². The zero-order chi connectivity index (χ0) is 25.1. The van der Waals surface area contributed by atoms with Gasteiger partial charge in [0.05, 0.1) is 19.3 Å². The van der Waals surface area contributed by atoms with Gasteiger partial charge < -0.3 is 19.5 Å². The molecule has 1 atom stereocenters. The first kappa shape index (κ1) is 24.6. The molecular formula is C28H35N3O4. The molecule has 3 aromatic rings. The topological polar surface area (TPSA) is 87.7 Å². The first-order valence-corrected chi connectivity index (χ1v) is 12.5. The van der Waals surface area contributed by atoms with Crippen LogP contribution in [0.3, 0.4) is 0 Å². The van der Waals surface area contributed by atoms with Gasteiger partial charge in [0.2, 0.25) is 0 Å². The van der Waals surface area contributed by atoms with Crippen LogP contribution in [0, 0.1) is 13.8 Å². The van der Waals surface area contributed by atoms with Crippen molar-refractivity contribution < 1.29 is 19.4 Å². The van der Waals surface area contributed by atoms with Crippen molar-refractivity contribution in [1.82, 2.24) is 15.1 Å². The number of aromatic hydroxyl groups is 1. The van der Waals surface area contributed by atoms with Gasteiger partial charge in [-0.25, -0.2) is 0 Å². The molecule has 0 spiro atoms. The van der Waals surface area contributed by atoms with E-state index < -0.39 is 0 Å². The van der Waals surface area contributed by atoms with E-state index >= 15 is 0 Å². The van der Waals surface area contributed by atoms with Crippen LogP contribution in [0.15, 0.2) is 30.3 Å². The number of phenols is 1. The van der Waals surface area contributed by atoms with Crippen LogP contribution < -0.4 is 9.47 Å². The Morgan fingerprint density at radius 1 is 1.03 bits per heavy atom. The SMILES string of the molecule is CCCCCN1C(=O)c2[nH]nc(-c3c(C)cc(C)cc3O)c2C1c1ccc(OCC)c(OCC)c1. The van der Waals surface area contributed by atoms with Crippen LogP contribution in [-0.4, -0.2) is 45.9 Å². The van der Waals surface area contributed by atoms with Crippen LogP contribution in [0.25, 0.3) is 11.3 Å². The molecule has 1 amide bonds. The highest BCUT2D eigenvalue weighted by molar-refractivity contribution is 6.00. The van der Waals surface area contributed by atoms with Gasteiger partial charge >= 0.3 is 0 Å². The van der Waals surface area contributed by atoms with Crippen LogP contribution >= 0.6 is 0 Å². The van der Waals surface area contributed by atoms with E-state index in [4.69, 9.17) is 9.47 Å². The molecule has 1 aliphatic rings. The van der Waals surface area contributed by atoms with Gasteiger partial charge in [-0.05, 0) is 69.0 Å². The Morgan fingerprint density at radius 3 is 2.46 bits per heavy atom. The first-order chi connectivity index (χ1) is 16.9. The van der Waals surface area contributed by atoms with Gasteiger partial charge in [-0.2, -0.15) is 5.10 Å². The summed E-state index contributed by atoms with van der Waals surface area (Å²) in [5, 5.41) is 18.4. The van der Waals surface area contributed by atoms with Crippen molar-refractivity contribution in [3.63, 3.8) is 0 Å². The molecular weight excluding hydrogens is 442 g/mol. The molecule has 1 aliphatic heterocycles. The second kappa shape index (κ2) is 10.4. The van der Waals surface area contributed by atoms with Crippen molar-refractivity contribution in [2.75, 3.05) is 19.8 Å². The molecule has 2 heterocycles. The highest BCUT2D eigenvalue weighted by Gasteiger charge is 2.42. The lowest BCUT2D eigenvalue weighted by Crippen LogP contribution is -2.30. The van der Waals surface area contributed by atoms with Crippen LogP contribution in [0.5, 0.6) is 17.2 Å². The van der Waals surface area contributed by atoms with Crippen LogP contribution in [0.4, 0.5) is 0 Å². The Morgan fingerprint density at radius 2 is 1.77 bits per heavy atom. The second-order valence-corrected chi connectivity index (χ2v) is 9.02. The number of hydrogen-bond donors (Lipinski definition) is 2. The normalized spacial score (nSPS) is 14.9. The molecule has 0 saturated heterocycles. The molecule has 2 aromatic carbocycles. The maximum Gasteiger partial charge on any atom is 0.273 e. The Labute approximate surface area is 207 Å². The number of rotatable bonds is 10. The van der Waals surface area contributed by atoms with Crippen LogP contribution in [-0.2, 0) is 0 Å². The summed E-state index contributed by atoms with van der Waals surface area (Å²) in [7, 11) is 0. The summed E-state index contributed by atoms with van der Waals surface area (Å²) in [5.74, 6) is 1.42. The minimum absolute atomic E-state index is 0.0732. The molecule has 35 heavy (non-hydrogen) atoms. The molecule has 0 aliphatic carbocycles. The number of phenolic OH excluding ortho intramolecular Hbond substituents is 1. The molecule has 186 valence electrons. The third kappa shape index (κ3) is 4.59. The van der Waals surface area contributed by atoms with E-state index in [9.17, 15) is 9.90 Å². The molecule has 4 rings (SSSR count). The number of aromatic nitrogens is 2. The van der Waals surface area contributed by atoms with E-state index in [0.29, 0.717) is 48.2 Å². The van der Waals surface area contributed by atoms with Crippen molar-refractivity contribution in [3.8, 4) is 28.5 Å². The Balaban J connectivity index is 1.88. The molecule has 0 fully saturated rings. The number of nitrogens with one attached hydrogen (secondary N) is 1. The lowest BCUT2D eigenvalue weighted by Gasteiger charge is -2.27. The van der Waals surface area contributed by atoms with Crippen LogP contribution in [0.1, 0.15) is 78.8 Å². The molecule has 0 bridgehead atoms. The summed E-state index contributed by atoms with van der Waals surface area (Å²) in [6, 6.07) is 9.27. The molecule has 0 saturated carbocycles. The number of carbonyl (C=O) groups excluding carboxylic acids is 1. The Hall–Kier alpha value is -3.48. The van der Waals surface area contributed by atoms with Crippen molar-refractivity contribution in [2.24, 2.45) is 0 Å².